The summed E-state index contributed by atoms with van der Waals surface area (Å²) in [4.78, 5) is 28.2. The van der Waals surface area contributed by atoms with Gasteiger partial charge in [0, 0.05) is 6.04 Å². The third-order valence-electron chi connectivity index (χ3n) is 3.56. The number of aromatic nitrogens is 1. The molecule has 5 nitrogen and oxygen atoms in total. The Morgan fingerprint density at radius 1 is 1.36 bits per heavy atom. The Labute approximate surface area is 124 Å². The SMILES string of the molecule is Cc1nc(C(F)(F)F)ccc1C(=O)N(C1CC1)C(C)C(=O)O. The second-order valence-corrected chi connectivity index (χ2v) is 5.29. The Balaban J connectivity index is 2.33. The van der Waals surface area contributed by atoms with E-state index in [4.69, 9.17) is 5.11 Å². The summed E-state index contributed by atoms with van der Waals surface area (Å²) in [5.41, 5.74) is -1.15. The molecule has 1 amide bonds. The van der Waals surface area contributed by atoms with E-state index in [0.29, 0.717) is 12.8 Å². The highest BCUT2D eigenvalue weighted by molar-refractivity contribution is 5.97. The predicted molar refractivity (Wildman–Crippen MR) is 70.3 cm³/mol. The summed E-state index contributed by atoms with van der Waals surface area (Å²) < 4.78 is 37.8. The molecule has 0 spiro atoms. The third kappa shape index (κ3) is 3.20. The van der Waals surface area contributed by atoms with Gasteiger partial charge >= 0.3 is 12.1 Å². The van der Waals surface area contributed by atoms with Gasteiger partial charge in [0.1, 0.15) is 11.7 Å². The molecule has 120 valence electrons. The van der Waals surface area contributed by atoms with Crippen molar-refractivity contribution in [1.82, 2.24) is 9.88 Å². The van der Waals surface area contributed by atoms with E-state index in [9.17, 15) is 22.8 Å². The fourth-order valence-electron chi connectivity index (χ4n) is 2.21. The molecule has 0 bridgehead atoms. The number of rotatable bonds is 4. The molecule has 22 heavy (non-hydrogen) atoms. The minimum absolute atomic E-state index is 0.00648. The quantitative estimate of drug-likeness (QED) is 0.926. The molecule has 0 aromatic carbocycles. The van der Waals surface area contributed by atoms with Crippen LogP contribution in [0.3, 0.4) is 0 Å². The van der Waals surface area contributed by atoms with Crippen LogP contribution in [0.15, 0.2) is 12.1 Å². The van der Waals surface area contributed by atoms with E-state index in [1.165, 1.54) is 18.7 Å². The molecule has 8 heteroatoms. The van der Waals surface area contributed by atoms with Crippen molar-refractivity contribution in [2.75, 3.05) is 0 Å². The molecule has 1 N–H and O–H groups in total. The summed E-state index contributed by atoms with van der Waals surface area (Å²) in [5.74, 6) is -1.76. The molecule has 1 saturated carbocycles. The molecular weight excluding hydrogens is 301 g/mol. The molecule has 1 unspecified atom stereocenters. The molecule has 1 aliphatic rings. The number of carbonyl (C=O) groups excluding carboxylic acids is 1. The van der Waals surface area contributed by atoms with Gasteiger partial charge < -0.3 is 10.0 Å². The first kappa shape index (κ1) is 16.3. The van der Waals surface area contributed by atoms with Gasteiger partial charge in [-0.25, -0.2) is 9.78 Å². The third-order valence-corrected chi connectivity index (χ3v) is 3.56. The van der Waals surface area contributed by atoms with Crippen LogP contribution in [0, 0.1) is 6.92 Å². The van der Waals surface area contributed by atoms with Crippen molar-refractivity contribution in [3.8, 4) is 0 Å². The average molecular weight is 316 g/mol. The van der Waals surface area contributed by atoms with Crippen molar-refractivity contribution >= 4 is 11.9 Å². The number of alkyl halides is 3. The lowest BCUT2D eigenvalue weighted by Crippen LogP contribution is -2.45. The summed E-state index contributed by atoms with van der Waals surface area (Å²) in [7, 11) is 0. The number of carboxylic acids is 1. The van der Waals surface area contributed by atoms with Gasteiger partial charge in [-0.3, -0.25) is 4.79 Å². The maximum atomic E-state index is 12.6. The van der Waals surface area contributed by atoms with Gasteiger partial charge in [0.2, 0.25) is 0 Å². The lowest BCUT2D eigenvalue weighted by molar-refractivity contribution is -0.142. The summed E-state index contributed by atoms with van der Waals surface area (Å²) in [6.45, 7) is 2.68. The summed E-state index contributed by atoms with van der Waals surface area (Å²) >= 11 is 0. The smallest absolute Gasteiger partial charge is 0.433 e. The van der Waals surface area contributed by atoms with E-state index in [1.807, 2.05) is 0 Å². The molecule has 1 fully saturated rings. The second kappa shape index (κ2) is 5.58. The minimum atomic E-state index is -4.59. The summed E-state index contributed by atoms with van der Waals surface area (Å²) in [6.07, 6.45) is -3.20. The first-order valence-corrected chi connectivity index (χ1v) is 6.73. The summed E-state index contributed by atoms with van der Waals surface area (Å²) in [5, 5.41) is 9.09. The number of halogens is 3. The number of carbonyl (C=O) groups is 2. The van der Waals surface area contributed by atoms with E-state index in [-0.39, 0.29) is 17.3 Å². The molecule has 1 heterocycles. The molecule has 0 saturated heterocycles. The number of carboxylic acid groups (broad SMARTS) is 1. The van der Waals surface area contributed by atoms with Crippen molar-refractivity contribution in [2.45, 2.75) is 44.9 Å². The highest BCUT2D eigenvalue weighted by Crippen LogP contribution is 2.32. The molecular formula is C14H15F3N2O3. The topological polar surface area (TPSA) is 70.5 Å². The number of amides is 1. The lowest BCUT2D eigenvalue weighted by atomic mass is 10.1. The number of nitrogens with zero attached hydrogens (tertiary/aromatic N) is 2. The molecule has 1 aromatic heterocycles. The van der Waals surface area contributed by atoms with Crippen LogP contribution in [-0.4, -0.2) is 39.0 Å². The first-order valence-electron chi connectivity index (χ1n) is 6.73. The van der Waals surface area contributed by atoms with Gasteiger partial charge in [-0.05, 0) is 38.8 Å². The monoisotopic (exact) mass is 316 g/mol. The molecule has 2 rings (SSSR count). The Morgan fingerprint density at radius 3 is 2.36 bits per heavy atom. The van der Waals surface area contributed by atoms with Crippen LogP contribution < -0.4 is 0 Å². The maximum absolute atomic E-state index is 12.6. The van der Waals surface area contributed by atoms with Gasteiger partial charge in [-0.15, -0.1) is 0 Å². The molecule has 1 aromatic rings. The fraction of sp³-hybridized carbons (Fsp3) is 0.500. The predicted octanol–water partition coefficient (Wildman–Crippen LogP) is 2.49. The highest BCUT2D eigenvalue weighted by Gasteiger charge is 2.40. The molecule has 0 aliphatic heterocycles. The minimum Gasteiger partial charge on any atom is -0.480 e. The Hall–Kier alpha value is -2.12. The van der Waals surface area contributed by atoms with Crippen LogP contribution in [0.1, 0.15) is 41.5 Å². The average Bonchev–Trinajstić information content (AvgIpc) is 3.21. The van der Waals surface area contributed by atoms with E-state index in [2.05, 4.69) is 4.98 Å². The molecule has 1 atom stereocenters. The largest absolute Gasteiger partial charge is 0.480 e. The van der Waals surface area contributed by atoms with E-state index in [0.717, 1.165) is 12.1 Å². The van der Waals surface area contributed by atoms with Crippen molar-refractivity contribution < 1.29 is 27.9 Å². The molecule has 0 radical (unpaired) electrons. The van der Waals surface area contributed by atoms with Crippen molar-refractivity contribution in [3.63, 3.8) is 0 Å². The highest BCUT2D eigenvalue weighted by atomic mass is 19.4. The number of hydrogen-bond donors (Lipinski definition) is 1. The first-order chi connectivity index (χ1) is 10.1. The fourth-order valence-corrected chi connectivity index (χ4v) is 2.21. The standard InChI is InChI=1S/C14H15F3N2O3/c1-7-10(5-6-11(18-7)14(15,16)17)12(20)19(9-3-4-9)8(2)13(21)22/h5-6,8-9H,3-4H2,1-2H3,(H,21,22). The van der Waals surface area contributed by atoms with Crippen LogP contribution in [0.25, 0.3) is 0 Å². The van der Waals surface area contributed by atoms with Gasteiger partial charge in [0.05, 0.1) is 11.3 Å². The van der Waals surface area contributed by atoms with Gasteiger partial charge in [0.15, 0.2) is 0 Å². The second-order valence-electron chi connectivity index (χ2n) is 5.29. The lowest BCUT2D eigenvalue weighted by Gasteiger charge is -2.27. The zero-order chi connectivity index (χ0) is 16.7. The Kier molecular flexibility index (Phi) is 4.12. The van der Waals surface area contributed by atoms with E-state index in [1.54, 1.807) is 0 Å². The van der Waals surface area contributed by atoms with Gasteiger partial charge in [0.25, 0.3) is 5.91 Å². The number of aryl methyl sites for hydroxylation is 1. The van der Waals surface area contributed by atoms with E-state index >= 15 is 0 Å². The zero-order valence-corrected chi connectivity index (χ0v) is 12.0. The molecule has 1 aliphatic carbocycles. The van der Waals surface area contributed by atoms with E-state index < -0.39 is 29.8 Å². The summed E-state index contributed by atoms with van der Waals surface area (Å²) in [6, 6.07) is 0.566. The zero-order valence-electron chi connectivity index (χ0n) is 12.0. The van der Waals surface area contributed by atoms with Crippen LogP contribution in [-0.2, 0) is 11.0 Å². The van der Waals surface area contributed by atoms with Gasteiger partial charge in [-0.2, -0.15) is 13.2 Å². The Morgan fingerprint density at radius 2 is 1.95 bits per heavy atom. The van der Waals surface area contributed by atoms with Crippen molar-refractivity contribution in [2.24, 2.45) is 0 Å². The van der Waals surface area contributed by atoms with Crippen LogP contribution in [0.4, 0.5) is 13.2 Å². The number of pyridine rings is 1. The van der Waals surface area contributed by atoms with Crippen LogP contribution >= 0.6 is 0 Å². The van der Waals surface area contributed by atoms with Crippen molar-refractivity contribution in [3.05, 3.63) is 29.1 Å². The van der Waals surface area contributed by atoms with Gasteiger partial charge in [-0.1, -0.05) is 0 Å². The van der Waals surface area contributed by atoms with Crippen molar-refractivity contribution in [1.29, 1.82) is 0 Å². The number of hydrogen-bond acceptors (Lipinski definition) is 3. The van der Waals surface area contributed by atoms with Crippen LogP contribution in [0.5, 0.6) is 0 Å². The Bertz CT molecular complexity index is 612. The normalized spacial score (nSPS) is 16.2. The number of aliphatic carboxylic acids is 1. The van der Waals surface area contributed by atoms with Crippen LogP contribution in [0.2, 0.25) is 0 Å². The maximum Gasteiger partial charge on any atom is 0.433 e.